The molecule has 1 aromatic heterocycles. The fourth-order valence-corrected chi connectivity index (χ4v) is 4.34. The lowest BCUT2D eigenvalue weighted by Crippen LogP contribution is -2.53. The average molecular weight is 412 g/mol. The molecule has 0 spiro atoms. The number of amides is 1. The number of carbonyl (C=O) groups is 1. The number of methoxy groups -OCH3 is 1. The molecule has 30 heavy (non-hydrogen) atoms. The van der Waals surface area contributed by atoms with Crippen LogP contribution in [0.1, 0.15) is 27.5 Å². The van der Waals surface area contributed by atoms with E-state index in [1.807, 2.05) is 48.4 Å². The van der Waals surface area contributed by atoms with E-state index in [2.05, 4.69) is 9.88 Å². The summed E-state index contributed by atoms with van der Waals surface area (Å²) in [5.41, 5.74) is 2.51. The molecule has 4 rings (SSSR count). The SMILES string of the molecule is COc1c(C)cccc1C(=O)N1CCO[C@@H](CN2CCOCC2)[C@@H]1c1cccnc1. The van der Waals surface area contributed by atoms with E-state index in [9.17, 15) is 4.79 Å². The minimum Gasteiger partial charge on any atom is -0.496 e. The van der Waals surface area contributed by atoms with Crippen LogP contribution in [0, 0.1) is 6.92 Å². The molecule has 2 aliphatic rings. The second-order valence-corrected chi connectivity index (χ2v) is 7.71. The van der Waals surface area contributed by atoms with Gasteiger partial charge in [0, 0.05) is 38.6 Å². The minimum absolute atomic E-state index is 0.0420. The summed E-state index contributed by atoms with van der Waals surface area (Å²) in [6, 6.07) is 9.40. The summed E-state index contributed by atoms with van der Waals surface area (Å²) < 4.78 is 17.3. The van der Waals surface area contributed by atoms with Gasteiger partial charge in [-0.15, -0.1) is 0 Å². The molecule has 2 saturated heterocycles. The molecule has 0 radical (unpaired) electrons. The van der Waals surface area contributed by atoms with Crippen molar-refractivity contribution >= 4 is 5.91 Å². The number of carbonyl (C=O) groups excluding carboxylic acids is 1. The van der Waals surface area contributed by atoms with Crippen LogP contribution in [-0.4, -0.2) is 79.9 Å². The van der Waals surface area contributed by atoms with E-state index < -0.39 is 0 Å². The second kappa shape index (κ2) is 9.55. The fraction of sp³-hybridized carbons (Fsp3) is 0.478. The molecule has 2 aromatic rings. The highest BCUT2D eigenvalue weighted by atomic mass is 16.5. The monoisotopic (exact) mass is 411 g/mol. The van der Waals surface area contributed by atoms with Gasteiger partial charge in [0.05, 0.1) is 44.6 Å². The molecule has 0 saturated carbocycles. The van der Waals surface area contributed by atoms with Crippen molar-refractivity contribution in [3.63, 3.8) is 0 Å². The average Bonchev–Trinajstić information content (AvgIpc) is 2.79. The first-order valence-corrected chi connectivity index (χ1v) is 10.4. The Bertz CT molecular complexity index is 855. The second-order valence-electron chi connectivity index (χ2n) is 7.71. The summed E-state index contributed by atoms with van der Waals surface area (Å²) in [6.07, 6.45) is 3.44. The summed E-state index contributed by atoms with van der Waals surface area (Å²) in [5.74, 6) is 0.586. The van der Waals surface area contributed by atoms with E-state index in [1.54, 1.807) is 13.3 Å². The Morgan fingerprint density at radius 2 is 2.00 bits per heavy atom. The van der Waals surface area contributed by atoms with Gasteiger partial charge in [0.15, 0.2) is 0 Å². The molecule has 7 heteroatoms. The third kappa shape index (κ3) is 4.33. The molecule has 0 unspecified atom stereocenters. The van der Waals surface area contributed by atoms with Crippen LogP contribution in [0.25, 0.3) is 0 Å². The normalized spacial score (nSPS) is 22.7. The molecule has 160 valence electrons. The maximum Gasteiger partial charge on any atom is 0.258 e. The number of nitrogens with zero attached hydrogens (tertiary/aromatic N) is 3. The van der Waals surface area contributed by atoms with E-state index in [-0.39, 0.29) is 18.1 Å². The highest BCUT2D eigenvalue weighted by molar-refractivity contribution is 5.97. The van der Waals surface area contributed by atoms with Gasteiger partial charge in [0.2, 0.25) is 0 Å². The maximum atomic E-state index is 13.7. The summed E-state index contributed by atoms with van der Waals surface area (Å²) in [4.78, 5) is 22.3. The lowest BCUT2D eigenvalue weighted by atomic mass is 9.97. The van der Waals surface area contributed by atoms with Crippen LogP contribution in [-0.2, 0) is 9.47 Å². The zero-order valence-corrected chi connectivity index (χ0v) is 17.6. The Labute approximate surface area is 177 Å². The minimum atomic E-state index is -0.215. The molecule has 0 bridgehead atoms. The van der Waals surface area contributed by atoms with Crippen LogP contribution in [0.2, 0.25) is 0 Å². The highest BCUT2D eigenvalue weighted by Gasteiger charge is 2.38. The number of aryl methyl sites for hydroxylation is 1. The fourth-order valence-electron chi connectivity index (χ4n) is 4.34. The predicted molar refractivity (Wildman–Crippen MR) is 113 cm³/mol. The zero-order chi connectivity index (χ0) is 20.9. The molecule has 1 aromatic carbocycles. The number of morpholine rings is 2. The lowest BCUT2D eigenvalue weighted by Gasteiger charge is -2.43. The number of benzene rings is 1. The van der Waals surface area contributed by atoms with Gasteiger partial charge in [-0.05, 0) is 30.2 Å². The zero-order valence-electron chi connectivity index (χ0n) is 17.6. The molecule has 0 N–H and O–H groups in total. The predicted octanol–water partition coefficient (Wildman–Crippen LogP) is 2.31. The Morgan fingerprint density at radius 3 is 2.73 bits per heavy atom. The van der Waals surface area contributed by atoms with E-state index in [0.29, 0.717) is 24.5 Å². The molecule has 2 atom stereocenters. The highest BCUT2D eigenvalue weighted by Crippen LogP contribution is 2.33. The van der Waals surface area contributed by atoms with E-state index in [0.717, 1.165) is 44.0 Å². The molecule has 2 fully saturated rings. The number of hydrogen-bond acceptors (Lipinski definition) is 6. The molecular weight excluding hydrogens is 382 g/mol. The van der Waals surface area contributed by atoms with Gasteiger partial charge in [-0.25, -0.2) is 0 Å². The first-order valence-electron chi connectivity index (χ1n) is 10.4. The van der Waals surface area contributed by atoms with Crippen molar-refractivity contribution in [2.75, 3.05) is 53.1 Å². The lowest BCUT2D eigenvalue weighted by molar-refractivity contribution is -0.0820. The number of aromatic nitrogens is 1. The van der Waals surface area contributed by atoms with E-state index in [1.165, 1.54) is 0 Å². The first-order chi connectivity index (χ1) is 14.7. The summed E-state index contributed by atoms with van der Waals surface area (Å²) in [7, 11) is 1.61. The number of para-hydroxylation sites is 1. The molecule has 2 aliphatic heterocycles. The number of rotatable bonds is 5. The van der Waals surface area contributed by atoms with Gasteiger partial charge in [0.25, 0.3) is 5.91 Å². The Hall–Kier alpha value is -2.48. The van der Waals surface area contributed by atoms with Crippen molar-refractivity contribution in [1.82, 2.24) is 14.8 Å². The van der Waals surface area contributed by atoms with E-state index >= 15 is 0 Å². The molecule has 3 heterocycles. The van der Waals surface area contributed by atoms with Gasteiger partial charge >= 0.3 is 0 Å². The van der Waals surface area contributed by atoms with Crippen LogP contribution in [0.5, 0.6) is 5.75 Å². The van der Waals surface area contributed by atoms with Gasteiger partial charge < -0.3 is 19.1 Å². The Morgan fingerprint density at radius 1 is 1.17 bits per heavy atom. The van der Waals surface area contributed by atoms with E-state index in [4.69, 9.17) is 14.2 Å². The number of ether oxygens (including phenoxy) is 3. The molecule has 7 nitrogen and oxygen atoms in total. The van der Waals surface area contributed by atoms with Crippen LogP contribution in [0.4, 0.5) is 0 Å². The van der Waals surface area contributed by atoms with Crippen LogP contribution < -0.4 is 4.74 Å². The summed E-state index contributed by atoms with van der Waals surface area (Å²) in [6.45, 7) is 6.94. The molecular formula is C23H29N3O4. The third-order valence-electron chi connectivity index (χ3n) is 5.83. The number of pyridine rings is 1. The van der Waals surface area contributed by atoms with Crippen LogP contribution >= 0.6 is 0 Å². The smallest absolute Gasteiger partial charge is 0.258 e. The summed E-state index contributed by atoms with van der Waals surface area (Å²) in [5, 5.41) is 0. The van der Waals surface area contributed by atoms with Crippen molar-refractivity contribution < 1.29 is 19.0 Å². The van der Waals surface area contributed by atoms with Gasteiger partial charge in [-0.3, -0.25) is 14.7 Å². The summed E-state index contributed by atoms with van der Waals surface area (Å²) >= 11 is 0. The number of hydrogen-bond donors (Lipinski definition) is 0. The van der Waals surface area contributed by atoms with Crippen molar-refractivity contribution in [2.24, 2.45) is 0 Å². The standard InChI is InChI=1S/C23H29N3O4/c1-17-5-3-7-19(22(17)28-2)23(27)26-11-14-30-20(16-25-9-12-29-13-10-25)21(26)18-6-4-8-24-15-18/h3-8,15,20-21H,9-14,16H2,1-2H3/t20-,21-/m0/s1. The van der Waals surface area contributed by atoms with Gasteiger partial charge in [-0.1, -0.05) is 18.2 Å². The third-order valence-corrected chi connectivity index (χ3v) is 5.83. The van der Waals surface area contributed by atoms with Crippen LogP contribution in [0.3, 0.4) is 0 Å². The quantitative estimate of drug-likeness (QED) is 0.752. The van der Waals surface area contributed by atoms with Crippen molar-refractivity contribution in [3.05, 3.63) is 59.4 Å². The van der Waals surface area contributed by atoms with Gasteiger partial charge in [0.1, 0.15) is 5.75 Å². The van der Waals surface area contributed by atoms with Crippen molar-refractivity contribution in [1.29, 1.82) is 0 Å². The van der Waals surface area contributed by atoms with Gasteiger partial charge in [-0.2, -0.15) is 0 Å². The largest absolute Gasteiger partial charge is 0.496 e. The molecule has 0 aliphatic carbocycles. The topological polar surface area (TPSA) is 64.1 Å². The molecule has 1 amide bonds. The first kappa shape index (κ1) is 20.8. The maximum absolute atomic E-state index is 13.7. The van der Waals surface area contributed by atoms with Crippen LogP contribution in [0.15, 0.2) is 42.7 Å². The van der Waals surface area contributed by atoms with Crippen molar-refractivity contribution in [2.45, 2.75) is 19.1 Å². The Balaban J connectivity index is 1.66. The van der Waals surface area contributed by atoms with Crippen molar-refractivity contribution in [3.8, 4) is 5.75 Å². The Kier molecular flexibility index (Phi) is 6.62.